The first-order valence-electron chi connectivity index (χ1n) is 6.66. The van der Waals surface area contributed by atoms with Crippen molar-refractivity contribution in [2.45, 2.75) is 43.3 Å². The number of esters is 1. The van der Waals surface area contributed by atoms with Crippen molar-refractivity contribution < 1.29 is 29.0 Å². The van der Waals surface area contributed by atoms with Crippen molar-refractivity contribution in [1.82, 2.24) is 0 Å². The smallest absolute Gasteiger partial charge is 0.324 e. The van der Waals surface area contributed by atoms with Gasteiger partial charge < -0.3 is 9.84 Å². The standard InChI is InChI=1S/C13H18O6S2/c1-3-20-10(12(17)18)11(16)13(21-4-2)8(14)6-5-7-9(15)19-13/h10H,3-7H2,1-2H3,(H,17,18). The van der Waals surface area contributed by atoms with Crippen LogP contribution in [-0.4, -0.2) is 50.3 Å². The maximum Gasteiger partial charge on any atom is 0.324 e. The zero-order valence-corrected chi connectivity index (χ0v) is 13.6. The molecule has 0 aromatic heterocycles. The Balaban J connectivity index is 3.22. The van der Waals surface area contributed by atoms with Gasteiger partial charge in [-0.3, -0.25) is 19.2 Å². The van der Waals surface area contributed by atoms with Gasteiger partial charge in [0.15, 0.2) is 11.0 Å². The number of ketones is 2. The van der Waals surface area contributed by atoms with Crippen molar-refractivity contribution in [3.05, 3.63) is 0 Å². The van der Waals surface area contributed by atoms with E-state index in [9.17, 15) is 24.3 Å². The summed E-state index contributed by atoms with van der Waals surface area (Å²) in [6.45, 7) is 3.43. The van der Waals surface area contributed by atoms with Crippen LogP contribution in [0.1, 0.15) is 33.1 Å². The second-order valence-corrected chi connectivity index (χ2v) is 7.16. The molecule has 1 aliphatic heterocycles. The van der Waals surface area contributed by atoms with Crippen LogP contribution in [-0.2, 0) is 23.9 Å². The molecule has 1 fully saturated rings. The summed E-state index contributed by atoms with van der Waals surface area (Å²) >= 11 is 1.80. The number of ether oxygens (including phenoxy) is 1. The van der Waals surface area contributed by atoms with E-state index in [0.717, 1.165) is 23.5 Å². The first kappa shape index (κ1) is 18.0. The van der Waals surface area contributed by atoms with E-state index in [-0.39, 0.29) is 12.8 Å². The second-order valence-electron chi connectivity index (χ2n) is 4.34. The summed E-state index contributed by atoms with van der Waals surface area (Å²) in [6.07, 6.45) is 0.410. The summed E-state index contributed by atoms with van der Waals surface area (Å²) in [5.41, 5.74) is 0. The van der Waals surface area contributed by atoms with Crippen molar-refractivity contribution >= 4 is 47.0 Å². The molecule has 1 rings (SSSR count). The van der Waals surface area contributed by atoms with Gasteiger partial charge >= 0.3 is 11.9 Å². The lowest BCUT2D eigenvalue weighted by molar-refractivity contribution is -0.162. The molecule has 1 N–H and O–H groups in total. The Hall–Kier alpha value is -1.02. The van der Waals surface area contributed by atoms with Crippen LogP contribution in [0.25, 0.3) is 0 Å². The predicted octanol–water partition coefficient (Wildman–Crippen LogP) is 1.51. The molecule has 0 saturated carbocycles. The maximum atomic E-state index is 12.6. The highest BCUT2D eigenvalue weighted by molar-refractivity contribution is 8.03. The molecule has 1 heterocycles. The topological polar surface area (TPSA) is 97.7 Å². The zero-order chi connectivity index (χ0) is 16.0. The molecular weight excluding hydrogens is 316 g/mol. The molecular formula is C13H18O6S2. The van der Waals surface area contributed by atoms with Gasteiger partial charge in [-0.15, -0.1) is 11.8 Å². The summed E-state index contributed by atoms with van der Waals surface area (Å²) in [4.78, 5) is 45.9. The van der Waals surface area contributed by atoms with Gasteiger partial charge in [0.2, 0.25) is 5.78 Å². The fraction of sp³-hybridized carbons (Fsp3) is 0.692. The lowest BCUT2D eigenvalue weighted by Crippen LogP contribution is -2.52. The number of carboxylic acids is 1. The molecule has 0 radical (unpaired) electrons. The van der Waals surface area contributed by atoms with E-state index in [4.69, 9.17) is 4.74 Å². The van der Waals surface area contributed by atoms with E-state index >= 15 is 0 Å². The van der Waals surface area contributed by atoms with E-state index in [1.54, 1.807) is 13.8 Å². The first-order chi connectivity index (χ1) is 9.89. The maximum absolute atomic E-state index is 12.6. The van der Waals surface area contributed by atoms with Gasteiger partial charge in [0.1, 0.15) is 0 Å². The van der Waals surface area contributed by atoms with Crippen LogP contribution >= 0.6 is 23.5 Å². The molecule has 0 aromatic carbocycles. The van der Waals surface area contributed by atoms with Crippen LogP contribution in [0.3, 0.4) is 0 Å². The Labute approximate surface area is 131 Å². The van der Waals surface area contributed by atoms with E-state index in [1.807, 2.05) is 0 Å². The molecule has 0 aliphatic carbocycles. The predicted molar refractivity (Wildman–Crippen MR) is 80.4 cm³/mol. The third-order valence-electron chi connectivity index (χ3n) is 2.88. The van der Waals surface area contributed by atoms with Crippen LogP contribution in [0.2, 0.25) is 0 Å². The molecule has 8 heteroatoms. The van der Waals surface area contributed by atoms with Gasteiger partial charge in [-0.2, -0.15) is 0 Å². The summed E-state index contributed by atoms with van der Waals surface area (Å²) < 4.78 is 5.14. The molecule has 0 spiro atoms. The minimum Gasteiger partial charge on any atom is -0.480 e. The minimum atomic E-state index is -2.01. The fourth-order valence-corrected chi connectivity index (χ4v) is 3.95. The van der Waals surface area contributed by atoms with E-state index in [2.05, 4.69) is 0 Å². The zero-order valence-electron chi connectivity index (χ0n) is 11.9. The molecule has 2 unspecified atom stereocenters. The fourth-order valence-electron chi connectivity index (χ4n) is 2.00. The Morgan fingerprint density at radius 3 is 2.48 bits per heavy atom. The number of Topliss-reactive ketones (excluding diaryl/α,β-unsaturated/α-hetero) is 2. The summed E-state index contributed by atoms with van der Waals surface area (Å²) in [6, 6.07) is 0. The third-order valence-corrected chi connectivity index (χ3v) is 5.17. The highest BCUT2D eigenvalue weighted by Crippen LogP contribution is 2.37. The number of hydrogen-bond acceptors (Lipinski definition) is 7. The molecule has 118 valence electrons. The van der Waals surface area contributed by atoms with Crippen LogP contribution in [0.15, 0.2) is 0 Å². The number of aliphatic carboxylic acids is 1. The number of carboxylic acid groups (broad SMARTS) is 1. The largest absolute Gasteiger partial charge is 0.480 e. The van der Waals surface area contributed by atoms with Crippen LogP contribution in [0, 0.1) is 0 Å². The van der Waals surface area contributed by atoms with Crippen LogP contribution in [0.5, 0.6) is 0 Å². The minimum absolute atomic E-state index is 0.0353. The highest BCUT2D eigenvalue weighted by atomic mass is 32.2. The number of carbonyl (C=O) groups excluding carboxylic acids is 3. The number of rotatable bonds is 7. The Morgan fingerprint density at radius 1 is 1.29 bits per heavy atom. The number of carbonyl (C=O) groups is 4. The normalized spacial score (nSPS) is 24.1. The quantitative estimate of drug-likeness (QED) is 0.552. The van der Waals surface area contributed by atoms with E-state index in [0.29, 0.717) is 17.9 Å². The van der Waals surface area contributed by atoms with Gasteiger partial charge in [0.05, 0.1) is 0 Å². The van der Waals surface area contributed by atoms with Crippen molar-refractivity contribution in [2.75, 3.05) is 11.5 Å². The van der Waals surface area contributed by atoms with Gasteiger partial charge in [-0.25, -0.2) is 0 Å². The Morgan fingerprint density at radius 2 is 1.95 bits per heavy atom. The lowest BCUT2D eigenvalue weighted by Gasteiger charge is -2.30. The van der Waals surface area contributed by atoms with Crippen molar-refractivity contribution in [1.29, 1.82) is 0 Å². The number of thioether (sulfide) groups is 2. The van der Waals surface area contributed by atoms with Crippen LogP contribution < -0.4 is 0 Å². The monoisotopic (exact) mass is 334 g/mol. The lowest BCUT2D eigenvalue weighted by atomic mass is 10.0. The molecule has 1 aliphatic rings. The number of hydrogen-bond donors (Lipinski definition) is 1. The number of cyclic esters (lactones) is 1. The molecule has 6 nitrogen and oxygen atoms in total. The molecule has 0 amide bonds. The van der Waals surface area contributed by atoms with Gasteiger partial charge in [-0.1, -0.05) is 25.6 Å². The molecule has 0 aromatic rings. The SMILES string of the molecule is CCSC(C(=O)O)C(=O)C1(SCC)OC(=O)CCCC1=O. The molecule has 1 saturated heterocycles. The molecule has 2 atom stereocenters. The second kappa shape index (κ2) is 7.84. The van der Waals surface area contributed by atoms with Crippen molar-refractivity contribution in [3.8, 4) is 0 Å². The molecule has 21 heavy (non-hydrogen) atoms. The Bertz CT molecular complexity index is 450. The third kappa shape index (κ3) is 4.00. The summed E-state index contributed by atoms with van der Waals surface area (Å²) in [7, 11) is 0. The highest BCUT2D eigenvalue weighted by Gasteiger charge is 2.54. The Kier molecular flexibility index (Phi) is 6.73. The van der Waals surface area contributed by atoms with Crippen LogP contribution in [0.4, 0.5) is 0 Å². The van der Waals surface area contributed by atoms with E-state index in [1.165, 1.54) is 0 Å². The molecule has 0 bridgehead atoms. The van der Waals surface area contributed by atoms with E-state index < -0.39 is 33.7 Å². The first-order valence-corrected chi connectivity index (χ1v) is 8.70. The van der Waals surface area contributed by atoms with Crippen molar-refractivity contribution in [2.24, 2.45) is 0 Å². The van der Waals surface area contributed by atoms with Crippen molar-refractivity contribution in [3.63, 3.8) is 0 Å². The average Bonchev–Trinajstić information content (AvgIpc) is 2.55. The summed E-state index contributed by atoms with van der Waals surface area (Å²) in [5.74, 6) is -2.58. The summed E-state index contributed by atoms with van der Waals surface area (Å²) in [5, 5.41) is 7.79. The average molecular weight is 334 g/mol. The van der Waals surface area contributed by atoms with Gasteiger partial charge in [0, 0.05) is 12.8 Å². The van der Waals surface area contributed by atoms with Gasteiger partial charge in [0.25, 0.3) is 4.93 Å². The van der Waals surface area contributed by atoms with Gasteiger partial charge in [-0.05, 0) is 17.9 Å².